The van der Waals surface area contributed by atoms with Gasteiger partial charge in [-0.25, -0.2) is 8.42 Å². The lowest BCUT2D eigenvalue weighted by Crippen LogP contribution is -2.31. The van der Waals surface area contributed by atoms with Crippen molar-refractivity contribution in [3.05, 3.63) is 81.1 Å². The molecule has 0 aliphatic heterocycles. The molecule has 0 spiro atoms. The molecule has 55 heavy (non-hydrogen) atoms. The first-order valence-corrected chi connectivity index (χ1v) is 20.5. The van der Waals surface area contributed by atoms with Gasteiger partial charge >= 0.3 is 18.6 Å². The summed E-state index contributed by atoms with van der Waals surface area (Å²) in [6, 6.07) is 8.31. The summed E-state index contributed by atoms with van der Waals surface area (Å²) in [5.41, 5.74) is -0.0197. The van der Waals surface area contributed by atoms with E-state index in [9.17, 15) is 31.6 Å². The number of aromatic nitrogens is 1. The Kier molecular flexibility index (Phi) is 13.7. The van der Waals surface area contributed by atoms with Crippen LogP contribution in [-0.2, 0) is 35.3 Å². The van der Waals surface area contributed by atoms with Gasteiger partial charge in [-0.3, -0.25) is 19.4 Å². The van der Waals surface area contributed by atoms with Gasteiger partial charge in [0.1, 0.15) is 17.5 Å². The van der Waals surface area contributed by atoms with Crippen LogP contribution in [0.3, 0.4) is 0 Å². The van der Waals surface area contributed by atoms with E-state index in [2.05, 4.69) is 9.72 Å². The molecule has 298 valence electrons. The molecule has 2 saturated carbocycles. The standard InChI is InChI=1S/C39H43Cl2F2NO10S/c1-39(2,3)54-37(47)36(55(4,48)49)26-11-9-24(15-33(26)50-20-22-5-6-22)30(45)12-14-35(46)52-32(17-27-28(40)18-44-19-29(27)41)25-10-13-31(53-38(42)43)34(16-25)51-21-23-7-8-23/h9-11,13,15-16,18-19,22-23,32,36,38H,5-8,12,14,17,20-21H2,1-4H3/t32-,36?/m0/s1. The number of carbonyl (C=O) groups excluding carboxylic acids is 3. The van der Waals surface area contributed by atoms with Gasteiger partial charge < -0.3 is 23.7 Å². The molecule has 1 unspecified atom stereocenters. The van der Waals surface area contributed by atoms with E-state index in [4.69, 9.17) is 42.1 Å². The molecule has 2 aliphatic rings. The largest absolute Gasteiger partial charge is 0.493 e. The molecule has 2 aromatic carbocycles. The maximum atomic E-state index is 13.5. The Bertz CT molecular complexity index is 1980. The van der Waals surface area contributed by atoms with E-state index < -0.39 is 51.1 Å². The van der Waals surface area contributed by atoms with Crippen molar-refractivity contribution in [3.63, 3.8) is 0 Å². The average molecular weight is 827 g/mol. The number of esters is 2. The lowest BCUT2D eigenvalue weighted by Gasteiger charge is -2.24. The number of Topliss-reactive ketones (excluding diaryl/α,β-unsaturated/α-hetero) is 1. The highest BCUT2D eigenvalue weighted by Crippen LogP contribution is 2.39. The maximum absolute atomic E-state index is 13.5. The molecule has 5 rings (SSSR count). The second kappa shape index (κ2) is 17.8. The van der Waals surface area contributed by atoms with Crippen LogP contribution >= 0.6 is 23.2 Å². The maximum Gasteiger partial charge on any atom is 0.387 e. The van der Waals surface area contributed by atoms with Crippen molar-refractivity contribution in [2.45, 2.75) is 89.3 Å². The number of nitrogens with zero attached hydrogens (tertiary/aromatic N) is 1. The monoisotopic (exact) mass is 825 g/mol. The van der Waals surface area contributed by atoms with Gasteiger partial charge in [0, 0.05) is 42.6 Å². The molecule has 0 radical (unpaired) electrons. The molecule has 3 aromatic rings. The van der Waals surface area contributed by atoms with E-state index in [-0.39, 0.29) is 70.2 Å². The molecular formula is C39H43Cl2F2NO10S. The van der Waals surface area contributed by atoms with Crippen LogP contribution in [0.1, 0.15) is 97.7 Å². The Labute approximate surface area is 328 Å². The third-order valence-corrected chi connectivity index (χ3v) is 10.7. The number of benzene rings is 2. The number of ether oxygens (including phenoxy) is 5. The summed E-state index contributed by atoms with van der Waals surface area (Å²) < 4.78 is 80.0. The average Bonchev–Trinajstić information content (AvgIpc) is 4.02. The summed E-state index contributed by atoms with van der Waals surface area (Å²) in [5.74, 6) is -1.76. The zero-order valence-electron chi connectivity index (χ0n) is 30.8. The number of alkyl halides is 2. The summed E-state index contributed by atoms with van der Waals surface area (Å²) >= 11 is 12.8. The SMILES string of the molecule is CC(C)(C)OC(=O)C(c1ccc(C(=O)CCC(=O)O[C@@H](Cc2c(Cl)cncc2Cl)c2ccc(OC(F)F)c(OCC3CC3)c2)cc1OCC1CC1)S(C)(=O)=O. The molecule has 0 bridgehead atoms. The highest BCUT2D eigenvalue weighted by atomic mass is 35.5. The quantitative estimate of drug-likeness (QED) is 0.0848. The molecule has 1 aromatic heterocycles. The first-order valence-electron chi connectivity index (χ1n) is 17.8. The number of rotatable bonds is 19. The number of hydrogen-bond acceptors (Lipinski definition) is 11. The van der Waals surface area contributed by atoms with Crippen LogP contribution in [0.15, 0.2) is 48.8 Å². The van der Waals surface area contributed by atoms with Gasteiger partial charge in [-0.05, 0) is 87.6 Å². The molecule has 2 aliphatic carbocycles. The van der Waals surface area contributed by atoms with Crippen molar-refractivity contribution < 1.29 is 55.3 Å². The molecular weight excluding hydrogens is 783 g/mol. The molecule has 0 saturated heterocycles. The zero-order chi connectivity index (χ0) is 40.1. The van der Waals surface area contributed by atoms with Crippen LogP contribution in [0.4, 0.5) is 8.78 Å². The van der Waals surface area contributed by atoms with E-state index in [1.54, 1.807) is 20.8 Å². The van der Waals surface area contributed by atoms with Crippen molar-refractivity contribution in [2.75, 3.05) is 19.5 Å². The molecule has 0 N–H and O–H groups in total. The summed E-state index contributed by atoms with van der Waals surface area (Å²) in [7, 11) is -4.04. The van der Waals surface area contributed by atoms with Crippen molar-refractivity contribution in [3.8, 4) is 17.2 Å². The number of pyridine rings is 1. The number of hydrogen-bond donors (Lipinski definition) is 0. The zero-order valence-corrected chi connectivity index (χ0v) is 33.1. The highest BCUT2D eigenvalue weighted by molar-refractivity contribution is 7.91. The van der Waals surface area contributed by atoms with Crippen LogP contribution in [0, 0.1) is 11.8 Å². The normalized spacial score (nSPS) is 15.6. The minimum Gasteiger partial charge on any atom is -0.493 e. The Balaban J connectivity index is 1.36. The fourth-order valence-corrected chi connectivity index (χ4v) is 7.15. The number of ketones is 1. The van der Waals surface area contributed by atoms with Gasteiger partial charge in [0.05, 0.1) is 29.7 Å². The molecule has 0 amide bonds. The highest BCUT2D eigenvalue weighted by Gasteiger charge is 2.38. The molecule has 16 heteroatoms. The van der Waals surface area contributed by atoms with Crippen LogP contribution in [0.5, 0.6) is 17.2 Å². The van der Waals surface area contributed by atoms with Gasteiger partial charge in [0.15, 0.2) is 32.4 Å². The van der Waals surface area contributed by atoms with Crippen LogP contribution in [0.2, 0.25) is 10.0 Å². The second-order valence-corrected chi connectivity index (χ2v) is 17.7. The smallest absolute Gasteiger partial charge is 0.387 e. The van der Waals surface area contributed by atoms with E-state index in [1.807, 2.05) is 0 Å². The fourth-order valence-electron chi connectivity index (χ4n) is 5.58. The van der Waals surface area contributed by atoms with Crippen LogP contribution in [0.25, 0.3) is 0 Å². The van der Waals surface area contributed by atoms with Crippen LogP contribution < -0.4 is 14.2 Å². The molecule has 1 heterocycles. The number of halogens is 4. The van der Waals surface area contributed by atoms with E-state index in [0.717, 1.165) is 31.9 Å². The first-order chi connectivity index (χ1) is 25.9. The lowest BCUT2D eigenvalue weighted by molar-refractivity contribution is -0.154. The third-order valence-electron chi connectivity index (χ3n) is 8.74. The fraction of sp³-hybridized carbons (Fsp3) is 0.487. The molecule has 2 atom stereocenters. The van der Waals surface area contributed by atoms with Gasteiger partial charge in [-0.15, -0.1) is 0 Å². The van der Waals surface area contributed by atoms with E-state index in [0.29, 0.717) is 23.7 Å². The van der Waals surface area contributed by atoms with Gasteiger partial charge in [-0.2, -0.15) is 8.78 Å². The van der Waals surface area contributed by atoms with Gasteiger partial charge in [0.25, 0.3) is 0 Å². The van der Waals surface area contributed by atoms with Crippen molar-refractivity contribution in [1.29, 1.82) is 0 Å². The van der Waals surface area contributed by atoms with E-state index in [1.165, 1.54) is 48.8 Å². The van der Waals surface area contributed by atoms with Crippen molar-refractivity contribution in [2.24, 2.45) is 11.8 Å². The Morgan fingerprint density at radius 1 is 0.873 bits per heavy atom. The topological polar surface area (TPSA) is 144 Å². The number of carbonyl (C=O) groups is 3. The Morgan fingerprint density at radius 2 is 1.49 bits per heavy atom. The summed E-state index contributed by atoms with van der Waals surface area (Å²) in [6.07, 6.45) is 5.70. The van der Waals surface area contributed by atoms with Crippen molar-refractivity contribution in [1.82, 2.24) is 4.98 Å². The summed E-state index contributed by atoms with van der Waals surface area (Å²) in [4.78, 5) is 44.0. The molecule has 11 nitrogen and oxygen atoms in total. The first kappa shape index (κ1) is 42.1. The molecule has 2 fully saturated rings. The van der Waals surface area contributed by atoms with Crippen molar-refractivity contribution >= 4 is 50.8 Å². The summed E-state index contributed by atoms with van der Waals surface area (Å²) in [5, 5.41) is -1.28. The van der Waals surface area contributed by atoms with Gasteiger partial charge in [-0.1, -0.05) is 41.4 Å². The van der Waals surface area contributed by atoms with Crippen LogP contribution in [-0.4, -0.2) is 62.8 Å². The minimum absolute atomic E-state index is 0.0285. The minimum atomic E-state index is -4.04. The van der Waals surface area contributed by atoms with E-state index >= 15 is 0 Å². The second-order valence-electron chi connectivity index (χ2n) is 14.8. The predicted molar refractivity (Wildman–Crippen MR) is 200 cm³/mol. The number of sulfone groups is 1. The Morgan fingerprint density at radius 3 is 2.05 bits per heavy atom. The van der Waals surface area contributed by atoms with Gasteiger partial charge in [0.2, 0.25) is 0 Å². The Hall–Kier alpha value is -4.01. The third kappa shape index (κ3) is 12.5. The predicted octanol–water partition coefficient (Wildman–Crippen LogP) is 8.48. The lowest BCUT2D eigenvalue weighted by atomic mass is 10.0. The summed E-state index contributed by atoms with van der Waals surface area (Å²) in [6.45, 7) is 2.32.